The topological polar surface area (TPSA) is 89.5 Å². The fourth-order valence-electron chi connectivity index (χ4n) is 2.28. The third kappa shape index (κ3) is 5.13. The molecule has 0 fully saturated rings. The molecule has 0 heterocycles. The van der Waals surface area contributed by atoms with Crippen molar-refractivity contribution in [3.05, 3.63) is 66.0 Å². The Balaban J connectivity index is 2.10. The highest BCUT2D eigenvalue weighted by atomic mass is 32.2. The second-order valence-corrected chi connectivity index (χ2v) is 7.59. The molecule has 0 aromatic heterocycles. The number of methoxy groups -OCH3 is 1. The molecule has 138 valence electrons. The zero-order valence-corrected chi connectivity index (χ0v) is 14.8. The van der Waals surface area contributed by atoms with Gasteiger partial charge in [-0.15, -0.1) is 0 Å². The summed E-state index contributed by atoms with van der Waals surface area (Å²) in [4.78, 5) is 24.2. The van der Waals surface area contributed by atoms with E-state index in [2.05, 4.69) is 10.1 Å². The van der Waals surface area contributed by atoms with Crippen LogP contribution in [0.3, 0.4) is 0 Å². The summed E-state index contributed by atoms with van der Waals surface area (Å²) in [6.07, 6.45) is -0.176. The van der Waals surface area contributed by atoms with Gasteiger partial charge in [0.2, 0.25) is 0 Å². The van der Waals surface area contributed by atoms with E-state index in [0.29, 0.717) is 0 Å². The van der Waals surface area contributed by atoms with Crippen molar-refractivity contribution in [2.75, 3.05) is 12.9 Å². The van der Waals surface area contributed by atoms with Gasteiger partial charge in [-0.2, -0.15) is 0 Å². The maximum Gasteiger partial charge on any atom is 0.328 e. The summed E-state index contributed by atoms with van der Waals surface area (Å²) < 4.78 is 42.5. The van der Waals surface area contributed by atoms with Crippen LogP contribution in [0.4, 0.5) is 4.39 Å². The lowest BCUT2D eigenvalue weighted by molar-refractivity contribution is -0.142. The van der Waals surface area contributed by atoms with Gasteiger partial charge in [0, 0.05) is 5.56 Å². The largest absolute Gasteiger partial charge is 0.467 e. The molecule has 26 heavy (non-hydrogen) atoms. The number of nitrogens with one attached hydrogen (secondary N) is 1. The van der Waals surface area contributed by atoms with Crippen molar-refractivity contribution in [3.8, 4) is 0 Å². The minimum Gasteiger partial charge on any atom is -0.467 e. The van der Waals surface area contributed by atoms with Gasteiger partial charge >= 0.3 is 5.97 Å². The average Bonchev–Trinajstić information content (AvgIpc) is 2.65. The Morgan fingerprint density at radius 2 is 1.81 bits per heavy atom. The molecule has 0 bridgehead atoms. The number of hydrogen-bond donors (Lipinski definition) is 1. The summed E-state index contributed by atoms with van der Waals surface area (Å²) in [5, 5.41) is 2.39. The molecule has 0 aliphatic rings. The van der Waals surface area contributed by atoms with Crippen molar-refractivity contribution in [3.63, 3.8) is 0 Å². The molecule has 0 saturated carbocycles. The molecule has 8 heteroatoms. The maximum absolute atomic E-state index is 13.2. The molecule has 1 atom stereocenters. The van der Waals surface area contributed by atoms with Crippen LogP contribution in [0.2, 0.25) is 0 Å². The van der Waals surface area contributed by atoms with Gasteiger partial charge < -0.3 is 10.1 Å². The van der Waals surface area contributed by atoms with E-state index in [-0.39, 0.29) is 22.6 Å². The van der Waals surface area contributed by atoms with Gasteiger partial charge in [-0.25, -0.2) is 17.6 Å². The van der Waals surface area contributed by atoms with Crippen LogP contribution in [0.1, 0.15) is 16.8 Å². The molecule has 2 rings (SSSR count). The molecule has 1 N–H and O–H groups in total. The van der Waals surface area contributed by atoms with Crippen LogP contribution in [0, 0.1) is 5.82 Å². The lowest BCUT2D eigenvalue weighted by Gasteiger charge is -2.16. The standard InChI is InChI=1S/C18H18FNO5S/c1-25-18(22)16(20-17(21)13-6-5-7-14(19)12-13)10-11-26(23,24)15-8-3-2-4-9-15/h2-9,12,16H,10-11H2,1H3,(H,20,21)/t16-/m0/s1. The molecular weight excluding hydrogens is 361 g/mol. The number of hydrogen-bond acceptors (Lipinski definition) is 5. The van der Waals surface area contributed by atoms with Crippen molar-refractivity contribution < 1.29 is 27.1 Å². The highest BCUT2D eigenvalue weighted by Crippen LogP contribution is 2.13. The summed E-state index contributed by atoms with van der Waals surface area (Å²) in [6.45, 7) is 0. The highest BCUT2D eigenvalue weighted by molar-refractivity contribution is 7.91. The number of amides is 1. The van der Waals surface area contributed by atoms with E-state index in [1.165, 1.54) is 30.3 Å². The van der Waals surface area contributed by atoms with Crippen LogP contribution >= 0.6 is 0 Å². The smallest absolute Gasteiger partial charge is 0.328 e. The zero-order chi connectivity index (χ0) is 19.2. The molecule has 0 aliphatic heterocycles. The Hall–Kier alpha value is -2.74. The Kier molecular flexibility index (Phi) is 6.46. The van der Waals surface area contributed by atoms with Crippen LogP contribution in [-0.2, 0) is 19.4 Å². The van der Waals surface area contributed by atoms with Crippen LogP contribution in [0.25, 0.3) is 0 Å². The number of ether oxygens (including phenoxy) is 1. The van der Waals surface area contributed by atoms with E-state index in [0.717, 1.165) is 13.2 Å². The number of esters is 1. The maximum atomic E-state index is 13.2. The fourth-order valence-corrected chi connectivity index (χ4v) is 3.63. The number of carbonyl (C=O) groups is 2. The monoisotopic (exact) mass is 379 g/mol. The summed E-state index contributed by atoms with van der Waals surface area (Å²) in [5.74, 6) is -2.44. The van der Waals surface area contributed by atoms with E-state index in [4.69, 9.17) is 0 Å². The molecule has 6 nitrogen and oxygen atoms in total. The molecule has 0 aliphatic carbocycles. The van der Waals surface area contributed by atoms with E-state index in [1.54, 1.807) is 18.2 Å². The van der Waals surface area contributed by atoms with Crippen LogP contribution < -0.4 is 5.32 Å². The van der Waals surface area contributed by atoms with Gasteiger partial charge in [0.05, 0.1) is 17.8 Å². The quantitative estimate of drug-likeness (QED) is 0.743. The first-order valence-electron chi connectivity index (χ1n) is 7.75. The first-order chi connectivity index (χ1) is 12.3. The summed E-state index contributed by atoms with van der Waals surface area (Å²) in [5.41, 5.74) is 0.0184. The third-order valence-corrected chi connectivity index (χ3v) is 5.42. The van der Waals surface area contributed by atoms with Crippen molar-refractivity contribution >= 4 is 21.7 Å². The third-order valence-electron chi connectivity index (χ3n) is 3.66. The van der Waals surface area contributed by atoms with Gasteiger partial charge in [-0.1, -0.05) is 24.3 Å². The summed E-state index contributed by atoms with van der Waals surface area (Å²) in [6, 6.07) is 11.6. The molecule has 0 saturated heterocycles. The Labute approximate surface area is 150 Å². The van der Waals surface area contributed by atoms with Crippen LogP contribution in [0.5, 0.6) is 0 Å². The summed E-state index contributed by atoms with van der Waals surface area (Å²) in [7, 11) is -2.49. The van der Waals surface area contributed by atoms with E-state index >= 15 is 0 Å². The minimum absolute atomic E-state index is 0.0184. The minimum atomic E-state index is -3.62. The number of rotatable bonds is 7. The predicted octanol–water partition coefficient (Wildman–Crippen LogP) is 1.96. The molecule has 0 radical (unpaired) electrons. The number of benzene rings is 2. The van der Waals surface area contributed by atoms with E-state index in [1.807, 2.05) is 0 Å². The number of halogens is 1. The number of sulfone groups is 1. The second-order valence-electron chi connectivity index (χ2n) is 5.48. The Bertz CT molecular complexity index is 883. The lowest BCUT2D eigenvalue weighted by Crippen LogP contribution is -2.42. The first-order valence-corrected chi connectivity index (χ1v) is 9.41. The Morgan fingerprint density at radius 3 is 2.42 bits per heavy atom. The van der Waals surface area contributed by atoms with Gasteiger partial charge in [0.15, 0.2) is 9.84 Å². The number of carbonyl (C=O) groups excluding carboxylic acids is 2. The Morgan fingerprint density at radius 1 is 1.12 bits per heavy atom. The van der Waals surface area contributed by atoms with Crippen LogP contribution in [0.15, 0.2) is 59.5 Å². The van der Waals surface area contributed by atoms with Gasteiger partial charge in [0.25, 0.3) is 5.91 Å². The van der Waals surface area contributed by atoms with Crippen molar-refractivity contribution in [2.45, 2.75) is 17.4 Å². The van der Waals surface area contributed by atoms with Gasteiger partial charge in [0.1, 0.15) is 11.9 Å². The highest BCUT2D eigenvalue weighted by Gasteiger charge is 2.25. The molecule has 1 amide bonds. The predicted molar refractivity (Wildman–Crippen MR) is 92.8 cm³/mol. The second kappa shape index (κ2) is 8.57. The molecule has 0 unspecified atom stereocenters. The molecule has 0 spiro atoms. The van der Waals surface area contributed by atoms with Gasteiger partial charge in [-0.05, 0) is 36.8 Å². The first kappa shape index (κ1) is 19.6. The van der Waals surface area contributed by atoms with Crippen LogP contribution in [-0.4, -0.2) is 39.2 Å². The van der Waals surface area contributed by atoms with Gasteiger partial charge in [-0.3, -0.25) is 4.79 Å². The van der Waals surface area contributed by atoms with E-state index in [9.17, 15) is 22.4 Å². The average molecular weight is 379 g/mol. The SMILES string of the molecule is COC(=O)[C@H](CCS(=O)(=O)c1ccccc1)NC(=O)c1cccc(F)c1. The molecule has 2 aromatic carbocycles. The summed E-state index contributed by atoms with van der Waals surface area (Å²) >= 11 is 0. The molecular formula is C18H18FNO5S. The lowest BCUT2D eigenvalue weighted by atomic mass is 10.1. The zero-order valence-electron chi connectivity index (χ0n) is 14.0. The van der Waals surface area contributed by atoms with Crippen molar-refractivity contribution in [1.82, 2.24) is 5.32 Å². The van der Waals surface area contributed by atoms with Crippen molar-refractivity contribution in [1.29, 1.82) is 0 Å². The van der Waals surface area contributed by atoms with E-state index < -0.39 is 33.6 Å². The normalized spacial score (nSPS) is 12.2. The van der Waals surface area contributed by atoms with Crippen molar-refractivity contribution in [2.24, 2.45) is 0 Å². The molecule has 2 aromatic rings. The fraction of sp³-hybridized carbons (Fsp3) is 0.222.